The number of carboxylic acids is 1. The normalized spacial score (nSPS) is 11.6. The van der Waals surface area contributed by atoms with E-state index in [1.807, 2.05) is 0 Å². The fraction of sp³-hybridized carbons (Fsp3) is 0.909. The van der Waals surface area contributed by atoms with Crippen molar-refractivity contribution < 1.29 is 9.90 Å². The smallest absolute Gasteiger partial charge is 0.300 e. The van der Waals surface area contributed by atoms with Crippen molar-refractivity contribution in [2.24, 2.45) is 0 Å². The molecule has 14 heavy (non-hydrogen) atoms. The number of aliphatic carboxylic acids is 1. The number of carbonyl (C=O) groups is 1. The fourth-order valence-corrected chi connectivity index (χ4v) is 5.62. The van der Waals surface area contributed by atoms with Crippen LogP contribution in [-0.4, -0.2) is 19.1 Å². The molecule has 0 saturated heterocycles. The van der Waals surface area contributed by atoms with Crippen molar-refractivity contribution in [3.05, 3.63) is 0 Å². The van der Waals surface area contributed by atoms with E-state index in [9.17, 15) is 4.79 Å². The zero-order valence-corrected chi connectivity index (χ0v) is 10.8. The van der Waals surface area contributed by atoms with E-state index >= 15 is 0 Å². The van der Waals surface area contributed by atoms with Gasteiger partial charge in [-0.3, -0.25) is 4.79 Å². The molecule has 0 fully saturated rings. The summed E-state index contributed by atoms with van der Waals surface area (Å²) in [6, 6.07) is 2.85. The topological polar surface area (TPSA) is 37.3 Å². The summed E-state index contributed by atoms with van der Waals surface area (Å²) in [5.74, 6) is -0.591. The summed E-state index contributed by atoms with van der Waals surface area (Å²) in [7, 11) is -1.45. The predicted octanol–water partition coefficient (Wildman–Crippen LogP) is 3.75. The largest absolute Gasteiger partial charge is 0.481 e. The zero-order valence-electron chi connectivity index (χ0n) is 9.81. The van der Waals surface area contributed by atoms with Gasteiger partial charge in [-0.15, -0.1) is 0 Å². The Morgan fingerprint density at radius 3 is 1.86 bits per heavy atom. The molecular weight excluding hydrogens is 192 g/mol. The van der Waals surface area contributed by atoms with Crippen LogP contribution in [-0.2, 0) is 4.79 Å². The average Bonchev–Trinajstić information content (AvgIpc) is 2.11. The monoisotopic (exact) mass is 216 g/mol. The zero-order chi connectivity index (χ0) is 11.0. The van der Waals surface area contributed by atoms with Gasteiger partial charge in [-0.05, 0) is 0 Å². The van der Waals surface area contributed by atoms with Crippen LogP contribution in [0.2, 0.25) is 24.7 Å². The lowest BCUT2D eigenvalue weighted by atomic mass is 10.4. The summed E-state index contributed by atoms with van der Waals surface area (Å²) in [6.07, 6.45) is 4.79. The third-order valence-corrected chi connectivity index (χ3v) is 7.12. The second-order valence-corrected chi connectivity index (χ2v) is 9.56. The molecular formula is C11H24O2Si. The Morgan fingerprint density at radius 1 is 1.14 bits per heavy atom. The molecule has 0 bridgehead atoms. The van der Waals surface area contributed by atoms with Crippen LogP contribution in [0, 0.1) is 0 Å². The van der Waals surface area contributed by atoms with Crippen LogP contribution in [0.15, 0.2) is 0 Å². The molecule has 0 radical (unpaired) electrons. The lowest BCUT2D eigenvalue weighted by Gasteiger charge is -2.25. The SMILES string of the molecule is CCCC[Si](C)(CCCC)CC(=O)O. The van der Waals surface area contributed by atoms with Gasteiger partial charge in [-0.2, -0.15) is 0 Å². The minimum Gasteiger partial charge on any atom is -0.481 e. The molecule has 0 saturated carbocycles. The van der Waals surface area contributed by atoms with Crippen molar-refractivity contribution in [3.8, 4) is 0 Å². The number of hydrogen-bond acceptors (Lipinski definition) is 1. The quantitative estimate of drug-likeness (QED) is 0.627. The number of unbranched alkanes of at least 4 members (excludes halogenated alkanes) is 2. The highest BCUT2D eigenvalue weighted by molar-refractivity contribution is 6.81. The summed E-state index contributed by atoms with van der Waals surface area (Å²) in [4.78, 5) is 10.8. The third-order valence-electron chi connectivity index (χ3n) is 2.85. The van der Waals surface area contributed by atoms with Crippen LogP contribution < -0.4 is 0 Å². The van der Waals surface area contributed by atoms with Crippen molar-refractivity contribution in [3.63, 3.8) is 0 Å². The maximum absolute atomic E-state index is 10.8. The first-order chi connectivity index (χ1) is 6.54. The summed E-state index contributed by atoms with van der Waals surface area (Å²) in [5, 5.41) is 8.88. The first kappa shape index (κ1) is 13.7. The van der Waals surface area contributed by atoms with E-state index in [2.05, 4.69) is 20.4 Å². The molecule has 0 rings (SSSR count). The molecule has 0 amide bonds. The van der Waals surface area contributed by atoms with E-state index in [0.29, 0.717) is 6.04 Å². The molecule has 0 aromatic heterocycles. The second-order valence-electron chi connectivity index (χ2n) is 4.59. The number of carboxylic acid groups (broad SMARTS) is 1. The van der Waals surface area contributed by atoms with Crippen LogP contribution in [0.3, 0.4) is 0 Å². The standard InChI is InChI=1S/C11H24O2Si/c1-4-6-8-14(3,9-7-5-2)10-11(12)13/h4-10H2,1-3H3,(H,12,13). The van der Waals surface area contributed by atoms with Gasteiger partial charge < -0.3 is 5.11 Å². The Balaban J connectivity index is 4.09. The van der Waals surface area contributed by atoms with Crippen LogP contribution >= 0.6 is 0 Å². The van der Waals surface area contributed by atoms with Gasteiger partial charge in [0.1, 0.15) is 0 Å². The van der Waals surface area contributed by atoms with Gasteiger partial charge in [-0.1, -0.05) is 58.2 Å². The Labute approximate surface area is 88.7 Å². The van der Waals surface area contributed by atoms with Gasteiger partial charge in [0.25, 0.3) is 0 Å². The molecule has 2 nitrogen and oxygen atoms in total. The molecule has 84 valence electrons. The Bertz CT molecular complexity index is 161. The molecule has 0 aliphatic rings. The van der Waals surface area contributed by atoms with E-state index in [1.54, 1.807) is 0 Å². The molecule has 0 aromatic carbocycles. The predicted molar refractivity (Wildman–Crippen MR) is 63.5 cm³/mol. The highest BCUT2D eigenvalue weighted by atomic mass is 28.3. The lowest BCUT2D eigenvalue weighted by molar-refractivity contribution is -0.134. The van der Waals surface area contributed by atoms with E-state index in [-0.39, 0.29) is 0 Å². The molecule has 0 unspecified atom stereocenters. The van der Waals surface area contributed by atoms with E-state index in [0.717, 1.165) is 0 Å². The highest BCUT2D eigenvalue weighted by Gasteiger charge is 2.28. The molecule has 0 spiro atoms. The minimum atomic E-state index is -1.45. The molecule has 0 heterocycles. The first-order valence-corrected chi connectivity index (χ1v) is 8.88. The van der Waals surface area contributed by atoms with Gasteiger partial charge in [0.2, 0.25) is 0 Å². The maximum Gasteiger partial charge on any atom is 0.300 e. The molecule has 0 aliphatic carbocycles. The third kappa shape index (κ3) is 6.19. The van der Waals surface area contributed by atoms with Gasteiger partial charge in [0.15, 0.2) is 0 Å². The summed E-state index contributed by atoms with van der Waals surface area (Å²) >= 11 is 0. The van der Waals surface area contributed by atoms with Crippen molar-refractivity contribution in [1.29, 1.82) is 0 Å². The fourth-order valence-electron chi connectivity index (χ4n) is 1.87. The van der Waals surface area contributed by atoms with Crippen LogP contribution in [0.5, 0.6) is 0 Å². The van der Waals surface area contributed by atoms with Gasteiger partial charge in [0, 0.05) is 6.04 Å². The van der Waals surface area contributed by atoms with E-state index in [4.69, 9.17) is 5.11 Å². The van der Waals surface area contributed by atoms with Crippen LogP contribution in [0.4, 0.5) is 0 Å². The Hall–Kier alpha value is -0.313. The van der Waals surface area contributed by atoms with Crippen LogP contribution in [0.1, 0.15) is 39.5 Å². The number of hydrogen-bond donors (Lipinski definition) is 1. The van der Waals surface area contributed by atoms with Crippen LogP contribution in [0.25, 0.3) is 0 Å². The molecule has 0 aliphatic heterocycles. The molecule has 0 atom stereocenters. The number of rotatable bonds is 8. The molecule has 0 aromatic rings. The summed E-state index contributed by atoms with van der Waals surface area (Å²) < 4.78 is 0. The van der Waals surface area contributed by atoms with Gasteiger partial charge in [0.05, 0.1) is 8.07 Å². The van der Waals surface area contributed by atoms with Crippen molar-refractivity contribution in [2.75, 3.05) is 0 Å². The summed E-state index contributed by atoms with van der Waals surface area (Å²) in [5.41, 5.74) is 0. The molecule has 1 N–H and O–H groups in total. The summed E-state index contributed by atoms with van der Waals surface area (Å²) in [6.45, 7) is 6.61. The van der Waals surface area contributed by atoms with Gasteiger partial charge >= 0.3 is 5.97 Å². The Morgan fingerprint density at radius 2 is 1.57 bits per heavy atom. The second kappa shape index (κ2) is 7.04. The highest BCUT2D eigenvalue weighted by Crippen LogP contribution is 2.25. The average molecular weight is 216 g/mol. The van der Waals surface area contributed by atoms with Crippen molar-refractivity contribution in [2.45, 2.75) is 64.2 Å². The maximum atomic E-state index is 10.8. The van der Waals surface area contributed by atoms with E-state index in [1.165, 1.54) is 37.8 Å². The molecule has 3 heteroatoms. The van der Waals surface area contributed by atoms with Crippen molar-refractivity contribution in [1.82, 2.24) is 0 Å². The Kier molecular flexibility index (Phi) is 6.88. The first-order valence-electron chi connectivity index (χ1n) is 5.76. The minimum absolute atomic E-state index is 0.465. The lowest BCUT2D eigenvalue weighted by Crippen LogP contribution is -2.32. The van der Waals surface area contributed by atoms with Gasteiger partial charge in [-0.25, -0.2) is 0 Å². The van der Waals surface area contributed by atoms with Crippen molar-refractivity contribution >= 4 is 14.0 Å². The van der Waals surface area contributed by atoms with E-state index < -0.39 is 14.0 Å².